The normalized spacial score (nSPS) is 10.4. The molecule has 0 spiro atoms. The summed E-state index contributed by atoms with van der Waals surface area (Å²) in [5.74, 6) is 1.57. The second-order valence-electron chi connectivity index (χ2n) is 4.30. The van der Waals surface area contributed by atoms with E-state index >= 15 is 0 Å². The highest BCUT2D eigenvalue weighted by atomic mass is 15.0. The lowest BCUT2D eigenvalue weighted by Gasteiger charge is -2.10. The number of anilines is 1. The van der Waals surface area contributed by atoms with Crippen LogP contribution in [-0.4, -0.2) is 21.5 Å². The fraction of sp³-hybridized carbons (Fsp3) is 0.357. The molecule has 0 atom stereocenters. The van der Waals surface area contributed by atoms with Gasteiger partial charge in [-0.05, 0) is 39.8 Å². The highest BCUT2D eigenvalue weighted by molar-refractivity contribution is 5.56. The van der Waals surface area contributed by atoms with Crippen LogP contribution in [-0.2, 0) is 0 Å². The molecule has 0 aliphatic heterocycles. The highest BCUT2D eigenvalue weighted by Gasteiger charge is 2.09. The molecule has 4 heteroatoms. The van der Waals surface area contributed by atoms with Gasteiger partial charge in [-0.25, -0.2) is 15.0 Å². The van der Waals surface area contributed by atoms with E-state index in [2.05, 4.69) is 27.2 Å². The van der Waals surface area contributed by atoms with E-state index in [-0.39, 0.29) is 0 Å². The molecule has 0 saturated carbocycles. The van der Waals surface area contributed by atoms with Gasteiger partial charge in [-0.3, -0.25) is 0 Å². The van der Waals surface area contributed by atoms with Crippen LogP contribution in [0, 0.1) is 20.8 Å². The van der Waals surface area contributed by atoms with Gasteiger partial charge >= 0.3 is 0 Å². The number of hydrogen-bond donors (Lipinski definition) is 1. The van der Waals surface area contributed by atoms with Crippen molar-refractivity contribution in [1.29, 1.82) is 0 Å². The van der Waals surface area contributed by atoms with E-state index in [9.17, 15) is 0 Å². The molecule has 0 radical (unpaired) electrons. The van der Waals surface area contributed by atoms with Crippen molar-refractivity contribution in [2.24, 2.45) is 0 Å². The summed E-state index contributed by atoms with van der Waals surface area (Å²) in [5, 5.41) is 3.26. The van der Waals surface area contributed by atoms with Gasteiger partial charge < -0.3 is 5.32 Å². The van der Waals surface area contributed by atoms with Crippen LogP contribution in [0.4, 0.5) is 5.82 Å². The van der Waals surface area contributed by atoms with E-state index in [4.69, 9.17) is 0 Å². The van der Waals surface area contributed by atoms with Gasteiger partial charge in [0.1, 0.15) is 11.5 Å². The summed E-state index contributed by atoms with van der Waals surface area (Å²) in [6.45, 7) is 8.90. The Morgan fingerprint density at radius 2 is 1.83 bits per heavy atom. The fourth-order valence-corrected chi connectivity index (χ4v) is 1.75. The molecular weight excluding hydrogens is 224 g/mol. The summed E-state index contributed by atoms with van der Waals surface area (Å²) >= 11 is 0. The Labute approximate surface area is 108 Å². The second-order valence-corrected chi connectivity index (χ2v) is 4.30. The van der Waals surface area contributed by atoms with Crippen molar-refractivity contribution in [3.63, 3.8) is 0 Å². The molecule has 94 valence electrons. The number of hydrogen-bond acceptors (Lipinski definition) is 4. The van der Waals surface area contributed by atoms with Crippen LogP contribution in [0.15, 0.2) is 18.2 Å². The SMILES string of the molecule is CCNc1nc(-c2cccc(C)n2)nc(C)c1C. The number of nitrogens with one attached hydrogen (secondary N) is 1. The van der Waals surface area contributed by atoms with Crippen LogP contribution in [0.5, 0.6) is 0 Å². The Kier molecular flexibility index (Phi) is 3.55. The van der Waals surface area contributed by atoms with E-state index in [1.54, 1.807) is 0 Å². The van der Waals surface area contributed by atoms with Gasteiger partial charge in [0.25, 0.3) is 0 Å². The molecule has 0 aliphatic rings. The van der Waals surface area contributed by atoms with Gasteiger partial charge in [0.2, 0.25) is 0 Å². The number of rotatable bonds is 3. The monoisotopic (exact) mass is 242 g/mol. The van der Waals surface area contributed by atoms with Crippen LogP contribution in [0.3, 0.4) is 0 Å². The van der Waals surface area contributed by atoms with E-state index in [0.717, 1.165) is 35.0 Å². The molecule has 0 unspecified atom stereocenters. The average molecular weight is 242 g/mol. The molecular formula is C14H18N4. The van der Waals surface area contributed by atoms with E-state index in [1.807, 2.05) is 39.0 Å². The van der Waals surface area contributed by atoms with Crippen LogP contribution < -0.4 is 5.32 Å². The predicted octanol–water partition coefficient (Wildman–Crippen LogP) is 2.90. The molecule has 0 aliphatic carbocycles. The standard InChI is InChI=1S/C14H18N4/c1-5-15-13-10(3)11(4)17-14(18-13)12-8-6-7-9(2)16-12/h6-8H,5H2,1-4H3,(H,15,17,18). The smallest absolute Gasteiger partial charge is 0.180 e. The van der Waals surface area contributed by atoms with Gasteiger partial charge in [-0.15, -0.1) is 0 Å². The van der Waals surface area contributed by atoms with E-state index in [1.165, 1.54) is 0 Å². The zero-order chi connectivity index (χ0) is 13.1. The first-order valence-corrected chi connectivity index (χ1v) is 6.15. The maximum absolute atomic E-state index is 4.55. The van der Waals surface area contributed by atoms with Crippen molar-refractivity contribution in [3.05, 3.63) is 35.2 Å². The minimum absolute atomic E-state index is 0.678. The molecule has 0 fully saturated rings. The predicted molar refractivity (Wildman–Crippen MR) is 73.6 cm³/mol. The third kappa shape index (κ3) is 2.47. The van der Waals surface area contributed by atoms with Crippen molar-refractivity contribution < 1.29 is 0 Å². The van der Waals surface area contributed by atoms with E-state index in [0.29, 0.717) is 5.82 Å². The van der Waals surface area contributed by atoms with E-state index < -0.39 is 0 Å². The summed E-state index contributed by atoms with van der Waals surface area (Å²) in [7, 11) is 0. The maximum atomic E-state index is 4.55. The topological polar surface area (TPSA) is 50.7 Å². The number of aryl methyl sites for hydroxylation is 2. The summed E-state index contributed by atoms with van der Waals surface area (Å²) in [6, 6.07) is 5.88. The second kappa shape index (κ2) is 5.12. The lowest BCUT2D eigenvalue weighted by atomic mass is 10.2. The molecule has 2 heterocycles. The fourth-order valence-electron chi connectivity index (χ4n) is 1.75. The summed E-state index contributed by atoms with van der Waals surface area (Å²) in [4.78, 5) is 13.5. The zero-order valence-electron chi connectivity index (χ0n) is 11.3. The largest absolute Gasteiger partial charge is 0.370 e. The summed E-state index contributed by atoms with van der Waals surface area (Å²) < 4.78 is 0. The van der Waals surface area contributed by atoms with Crippen LogP contribution >= 0.6 is 0 Å². The Bertz CT molecular complexity index is 564. The maximum Gasteiger partial charge on any atom is 0.180 e. The van der Waals surface area contributed by atoms with Crippen LogP contribution in [0.2, 0.25) is 0 Å². The number of pyridine rings is 1. The number of nitrogens with zero attached hydrogens (tertiary/aromatic N) is 3. The van der Waals surface area contributed by atoms with Crippen LogP contribution in [0.1, 0.15) is 23.9 Å². The third-order valence-electron chi connectivity index (χ3n) is 2.85. The van der Waals surface area contributed by atoms with Crippen LogP contribution in [0.25, 0.3) is 11.5 Å². The van der Waals surface area contributed by atoms with Gasteiger partial charge in [0, 0.05) is 23.5 Å². The Morgan fingerprint density at radius 3 is 2.50 bits per heavy atom. The lowest BCUT2D eigenvalue weighted by molar-refractivity contribution is 1.03. The molecule has 18 heavy (non-hydrogen) atoms. The first-order chi connectivity index (χ1) is 8.61. The van der Waals surface area contributed by atoms with Crippen molar-refractivity contribution in [2.45, 2.75) is 27.7 Å². The Hall–Kier alpha value is -1.97. The van der Waals surface area contributed by atoms with Crippen molar-refractivity contribution in [2.75, 3.05) is 11.9 Å². The molecule has 0 aromatic carbocycles. The van der Waals surface area contributed by atoms with Crippen molar-refractivity contribution >= 4 is 5.82 Å². The zero-order valence-corrected chi connectivity index (χ0v) is 11.3. The lowest BCUT2D eigenvalue weighted by Crippen LogP contribution is -2.06. The summed E-state index contributed by atoms with van der Waals surface area (Å²) in [6.07, 6.45) is 0. The molecule has 0 bridgehead atoms. The molecule has 2 aromatic heterocycles. The quantitative estimate of drug-likeness (QED) is 0.899. The average Bonchev–Trinajstić information content (AvgIpc) is 2.35. The van der Waals surface area contributed by atoms with Gasteiger partial charge in [0.15, 0.2) is 5.82 Å². The van der Waals surface area contributed by atoms with Crippen molar-refractivity contribution in [1.82, 2.24) is 15.0 Å². The first kappa shape index (κ1) is 12.5. The third-order valence-corrected chi connectivity index (χ3v) is 2.85. The first-order valence-electron chi connectivity index (χ1n) is 6.15. The minimum Gasteiger partial charge on any atom is -0.370 e. The highest BCUT2D eigenvalue weighted by Crippen LogP contribution is 2.20. The van der Waals surface area contributed by atoms with Gasteiger partial charge in [-0.2, -0.15) is 0 Å². The minimum atomic E-state index is 0.678. The molecule has 2 aromatic rings. The molecule has 0 saturated heterocycles. The Balaban J connectivity index is 2.51. The summed E-state index contributed by atoms with van der Waals surface area (Å²) in [5.41, 5.74) is 3.86. The molecule has 2 rings (SSSR count). The molecule has 0 amide bonds. The number of aromatic nitrogens is 3. The van der Waals surface area contributed by atoms with Crippen molar-refractivity contribution in [3.8, 4) is 11.5 Å². The Morgan fingerprint density at radius 1 is 1.06 bits per heavy atom. The molecule has 4 nitrogen and oxygen atoms in total. The van der Waals surface area contributed by atoms with Gasteiger partial charge in [-0.1, -0.05) is 6.07 Å². The molecule has 1 N–H and O–H groups in total. The van der Waals surface area contributed by atoms with Gasteiger partial charge in [0.05, 0.1) is 0 Å².